The van der Waals surface area contributed by atoms with Crippen LogP contribution in [0.25, 0.3) is 0 Å². The van der Waals surface area contributed by atoms with E-state index in [1.807, 2.05) is 0 Å². The number of ether oxygens (including phenoxy) is 2. The Kier molecular flexibility index (Phi) is 4.78. The summed E-state index contributed by atoms with van der Waals surface area (Å²) in [7, 11) is 4.86. The van der Waals surface area contributed by atoms with Gasteiger partial charge in [0.15, 0.2) is 0 Å². The molecule has 0 aromatic heterocycles. The van der Waals surface area contributed by atoms with Gasteiger partial charge in [0.25, 0.3) is 0 Å². The van der Waals surface area contributed by atoms with E-state index in [0.29, 0.717) is 17.2 Å². The molecule has 1 rings (SSSR count). The van der Waals surface area contributed by atoms with Crippen LogP contribution >= 0.6 is 0 Å². The van der Waals surface area contributed by atoms with Gasteiger partial charge in [0.1, 0.15) is 11.5 Å². The van der Waals surface area contributed by atoms with Gasteiger partial charge < -0.3 is 20.1 Å². The van der Waals surface area contributed by atoms with Crippen LogP contribution in [-0.2, 0) is 4.79 Å². The van der Waals surface area contributed by atoms with Gasteiger partial charge in [0.2, 0.25) is 5.91 Å². The molecule has 0 bridgehead atoms. The van der Waals surface area contributed by atoms with Gasteiger partial charge in [-0.2, -0.15) is 0 Å². The minimum atomic E-state index is -0.272. The zero-order valence-corrected chi connectivity index (χ0v) is 10.5. The highest BCUT2D eigenvalue weighted by Crippen LogP contribution is 2.28. The molecule has 1 aromatic carbocycles. The summed E-state index contributed by atoms with van der Waals surface area (Å²) < 4.78 is 10.3. The van der Waals surface area contributed by atoms with Crippen molar-refractivity contribution in [2.24, 2.45) is 0 Å². The summed E-state index contributed by atoms with van der Waals surface area (Å²) >= 11 is 0. The zero-order valence-electron chi connectivity index (χ0n) is 10.5. The number of anilines is 1. The average molecular weight is 238 g/mol. The van der Waals surface area contributed by atoms with E-state index in [-0.39, 0.29) is 11.9 Å². The highest BCUT2D eigenvalue weighted by atomic mass is 16.5. The first kappa shape index (κ1) is 13.3. The summed E-state index contributed by atoms with van der Waals surface area (Å²) in [5.74, 6) is 1.14. The lowest BCUT2D eigenvalue weighted by molar-refractivity contribution is -0.117. The van der Waals surface area contributed by atoms with Gasteiger partial charge >= 0.3 is 0 Å². The molecule has 94 valence electrons. The minimum Gasteiger partial charge on any atom is -0.497 e. The molecule has 17 heavy (non-hydrogen) atoms. The zero-order chi connectivity index (χ0) is 12.8. The number of carbonyl (C=O) groups excluding carboxylic acids is 1. The highest BCUT2D eigenvalue weighted by molar-refractivity contribution is 5.96. The second-order valence-corrected chi connectivity index (χ2v) is 3.57. The molecule has 0 aliphatic carbocycles. The van der Waals surface area contributed by atoms with Gasteiger partial charge in [0.05, 0.1) is 25.9 Å². The molecule has 5 heteroatoms. The van der Waals surface area contributed by atoms with Gasteiger partial charge in [-0.15, -0.1) is 0 Å². The number of rotatable bonds is 5. The molecule has 2 N–H and O–H groups in total. The predicted octanol–water partition coefficient (Wildman–Crippen LogP) is 1.25. The normalized spacial score (nSPS) is 11.8. The fourth-order valence-electron chi connectivity index (χ4n) is 1.28. The number of benzene rings is 1. The van der Waals surface area contributed by atoms with Gasteiger partial charge in [-0.25, -0.2) is 0 Å². The Morgan fingerprint density at radius 3 is 2.53 bits per heavy atom. The van der Waals surface area contributed by atoms with Crippen molar-refractivity contribution in [3.63, 3.8) is 0 Å². The fourth-order valence-corrected chi connectivity index (χ4v) is 1.28. The molecule has 0 saturated heterocycles. The summed E-state index contributed by atoms with van der Waals surface area (Å²) in [6, 6.07) is 4.97. The lowest BCUT2D eigenvalue weighted by Gasteiger charge is -2.14. The highest BCUT2D eigenvalue weighted by Gasteiger charge is 2.13. The van der Waals surface area contributed by atoms with Crippen LogP contribution in [0.2, 0.25) is 0 Å². The Hall–Kier alpha value is -1.75. The molecule has 0 heterocycles. The first-order valence-electron chi connectivity index (χ1n) is 5.32. The van der Waals surface area contributed by atoms with E-state index in [0.717, 1.165) is 0 Å². The maximum atomic E-state index is 11.7. The summed E-state index contributed by atoms with van der Waals surface area (Å²) in [5, 5.41) is 5.65. The Morgan fingerprint density at radius 1 is 1.29 bits per heavy atom. The topological polar surface area (TPSA) is 59.6 Å². The quantitative estimate of drug-likeness (QED) is 0.810. The summed E-state index contributed by atoms with van der Waals surface area (Å²) in [6.07, 6.45) is 0. The summed E-state index contributed by atoms with van der Waals surface area (Å²) in [5.41, 5.74) is 0.596. The molecule has 5 nitrogen and oxygen atoms in total. The molecule has 1 aromatic rings. The number of amides is 1. The molecule has 0 radical (unpaired) electrons. The van der Waals surface area contributed by atoms with Crippen LogP contribution in [0.15, 0.2) is 18.2 Å². The van der Waals surface area contributed by atoms with E-state index in [1.165, 1.54) is 0 Å². The van der Waals surface area contributed by atoms with Gasteiger partial charge in [-0.05, 0) is 26.1 Å². The molecule has 1 atom stereocenters. The molecule has 0 fully saturated rings. The Morgan fingerprint density at radius 2 is 2.00 bits per heavy atom. The lowest BCUT2D eigenvalue weighted by atomic mass is 10.2. The first-order chi connectivity index (χ1) is 8.12. The number of nitrogens with one attached hydrogen (secondary N) is 2. The fraction of sp³-hybridized carbons (Fsp3) is 0.417. The van der Waals surface area contributed by atoms with Gasteiger partial charge in [-0.1, -0.05) is 0 Å². The number of hydrogen-bond donors (Lipinski definition) is 2. The van der Waals surface area contributed by atoms with Crippen molar-refractivity contribution in [3.8, 4) is 11.5 Å². The molecular formula is C12H18N2O3. The van der Waals surface area contributed by atoms with Crippen molar-refractivity contribution in [2.75, 3.05) is 26.6 Å². The van der Waals surface area contributed by atoms with Crippen molar-refractivity contribution in [1.82, 2.24) is 5.32 Å². The van der Waals surface area contributed by atoms with Crippen molar-refractivity contribution >= 4 is 11.6 Å². The monoisotopic (exact) mass is 238 g/mol. The van der Waals surface area contributed by atoms with E-state index in [2.05, 4.69) is 10.6 Å². The average Bonchev–Trinajstić information content (AvgIpc) is 2.37. The SMILES string of the molecule is CNC(C)C(=O)Nc1cc(OC)ccc1OC. The second kappa shape index (κ2) is 6.10. The maximum absolute atomic E-state index is 11.7. The third-order valence-corrected chi connectivity index (χ3v) is 2.49. The van der Waals surface area contributed by atoms with Crippen LogP contribution in [-0.4, -0.2) is 33.2 Å². The van der Waals surface area contributed by atoms with Crippen LogP contribution in [0.1, 0.15) is 6.92 Å². The van der Waals surface area contributed by atoms with E-state index < -0.39 is 0 Å². The van der Waals surface area contributed by atoms with Gasteiger partial charge in [-0.3, -0.25) is 4.79 Å². The summed E-state index contributed by atoms with van der Waals surface area (Å²) in [4.78, 5) is 11.7. The number of methoxy groups -OCH3 is 2. The van der Waals surface area contributed by atoms with Crippen molar-refractivity contribution in [1.29, 1.82) is 0 Å². The van der Waals surface area contributed by atoms with Crippen LogP contribution in [0, 0.1) is 0 Å². The number of hydrogen-bond acceptors (Lipinski definition) is 4. The molecule has 0 spiro atoms. The molecule has 0 aliphatic heterocycles. The molecular weight excluding hydrogens is 220 g/mol. The van der Waals surface area contributed by atoms with Crippen molar-refractivity contribution in [2.45, 2.75) is 13.0 Å². The molecule has 0 saturated carbocycles. The Labute approximate surface area is 101 Å². The Bertz CT molecular complexity index is 393. The number of carbonyl (C=O) groups is 1. The number of likely N-dealkylation sites (N-methyl/N-ethyl adjacent to an activating group) is 1. The summed E-state index contributed by atoms with van der Waals surface area (Å²) in [6.45, 7) is 1.78. The minimum absolute atomic E-state index is 0.126. The third-order valence-electron chi connectivity index (χ3n) is 2.49. The van der Waals surface area contributed by atoms with E-state index in [9.17, 15) is 4.79 Å². The van der Waals surface area contributed by atoms with E-state index in [4.69, 9.17) is 9.47 Å². The van der Waals surface area contributed by atoms with E-state index in [1.54, 1.807) is 46.4 Å². The standard InChI is InChI=1S/C12H18N2O3/c1-8(13-2)12(15)14-10-7-9(16-3)5-6-11(10)17-4/h5-8,13H,1-4H3,(H,14,15). The van der Waals surface area contributed by atoms with Crippen LogP contribution < -0.4 is 20.1 Å². The first-order valence-corrected chi connectivity index (χ1v) is 5.32. The predicted molar refractivity (Wildman–Crippen MR) is 66.7 cm³/mol. The van der Waals surface area contributed by atoms with Crippen molar-refractivity contribution < 1.29 is 14.3 Å². The van der Waals surface area contributed by atoms with Crippen molar-refractivity contribution in [3.05, 3.63) is 18.2 Å². The molecule has 1 unspecified atom stereocenters. The second-order valence-electron chi connectivity index (χ2n) is 3.57. The Balaban J connectivity index is 2.91. The lowest BCUT2D eigenvalue weighted by Crippen LogP contribution is -2.35. The molecule has 0 aliphatic rings. The van der Waals surface area contributed by atoms with Crippen LogP contribution in [0.4, 0.5) is 5.69 Å². The van der Waals surface area contributed by atoms with Gasteiger partial charge in [0, 0.05) is 6.07 Å². The third kappa shape index (κ3) is 3.35. The smallest absolute Gasteiger partial charge is 0.241 e. The largest absolute Gasteiger partial charge is 0.497 e. The maximum Gasteiger partial charge on any atom is 0.241 e. The van der Waals surface area contributed by atoms with E-state index >= 15 is 0 Å². The van der Waals surface area contributed by atoms with Crippen LogP contribution in [0.5, 0.6) is 11.5 Å². The molecule has 1 amide bonds. The van der Waals surface area contributed by atoms with Crippen LogP contribution in [0.3, 0.4) is 0 Å².